The summed E-state index contributed by atoms with van der Waals surface area (Å²) in [5.74, 6) is -2.36. The quantitative estimate of drug-likeness (QED) is 0.375. The van der Waals surface area contributed by atoms with Crippen LogP contribution >= 0.6 is 0 Å². The van der Waals surface area contributed by atoms with Crippen LogP contribution in [0.2, 0.25) is 0 Å². The van der Waals surface area contributed by atoms with Gasteiger partial charge in [0.2, 0.25) is 0 Å². The number of ketones is 1. The van der Waals surface area contributed by atoms with Crippen LogP contribution in [0.1, 0.15) is 77.9 Å². The highest BCUT2D eigenvalue weighted by Gasteiger charge is 2.38. The highest BCUT2D eigenvalue weighted by molar-refractivity contribution is 6.13. The monoisotopic (exact) mass is 394 g/mol. The molecule has 3 N–H and O–H groups in total. The highest BCUT2D eigenvalue weighted by atomic mass is 16.4. The summed E-state index contributed by atoms with van der Waals surface area (Å²) in [4.78, 5) is 24.0. The Morgan fingerprint density at radius 3 is 1.93 bits per heavy atom. The molecule has 0 saturated heterocycles. The van der Waals surface area contributed by atoms with Gasteiger partial charge in [-0.25, -0.2) is 4.79 Å². The molecule has 1 aliphatic rings. The maximum Gasteiger partial charge on any atom is 0.336 e. The first-order valence-electron chi connectivity index (χ1n) is 9.60. The Morgan fingerprint density at radius 1 is 0.862 bits per heavy atom. The fraction of sp³-hybridized carbons (Fsp3) is 0.333. The minimum atomic E-state index is -1.22. The SMILES string of the molecule is CC1(C)CCC(C)(C)c2cc(C(O)=CC(=O)c3ccccc3C(=O)O)c(O)cc21. The molecular formula is C24H26O5. The molecule has 2 aromatic rings. The van der Waals surface area contributed by atoms with E-state index < -0.39 is 17.5 Å². The average molecular weight is 394 g/mol. The molecule has 5 nitrogen and oxygen atoms in total. The maximum absolute atomic E-state index is 12.6. The number of rotatable bonds is 4. The van der Waals surface area contributed by atoms with E-state index in [1.54, 1.807) is 18.2 Å². The van der Waals surface area contributed by atoms with Crippen LogP contribution in [0.25, 0.3) is 5.76 Å². The number of allylic oxidation sites excluding steroid dienone is 1. The molecule has 29 heavy (non-hydrogen) atoms. The Bertz CT molecular complexity index is 1030. The Balaban J connectivity index is 2.08. The number of aliphatic hydroxyl groups excluding tert-OH is 1. The van der Waals surface area contributed by atoms with Crippen molar-refractivity contribution in [3.8, 4) is 5.75 Å². The third-order valence-electron chi connectivity index (χ3n) is 5.94. The smallest absolute Gasteiger partial charge is 0.336 e. The number of aromatic hydroxyl groups is 1. The molecule has 0 unspecified atom stereocenters. The predicted molar refractivity (Wildman–Crippen MR) is 112 cm³/mol. The van der Waals surface area contributed by atoms with Gasteiger partial charge < -0.3 is 15.3 Å². The molecular weight excluding hydrogens is 368 g/mol. The number of benzene rings is 2. The van der Waals surface area contributed by atoms with E-state index in [9.17, 15) is 24.9 Å². The summed E-state index contributed by atoms with van der Waals surface area (Å²) < 4.78 is 0. The summed E-state index contributed by atoms with van der Waals surface area (Å²) >= 11 is 0. The molecule has 0 heterocycles. The molecule has 0 saturated carbocycles. The number of carbonyl (C=O) groups is 2. The van der Waals surface area contributed by atoms with Gasteiger partial charge in [-0.15, -0.1) is 0 Å². The van der Waals surface area contributed by atoms with Crippen molar-refractivity contribution < 1.29 is 24.9 Å². The first-order valence-corrected chi connectivity index (χ1v) is 9.60. The zero-order valence-corrected chi connectivity index (χ0v) is 17.1. The fourth-order valence-electron chi connectivity index (χ4n) is 3.97. The van der Waals surface area contributed by atoms with Crippen molar-refractivity contribution in [1.29, 1.82) is 0 Å². The summed E-state index contributed by atoms with van der Waals surface area (Å²) in [6.45, 7) is 8.50. The molecule has 2 aromatic carbocycles. The summed E-state index contributed by atoms with van der Waals surface area (Å²) in [6.07, 6.45) is 2.91. The van der Waals surface area contributed by atoms with Crippen molar-refractivity contribution >= 4 is 17.5 Å². The van der Waals surface area contributed by atoms with Crippen LogP contribution in [-0.4, -0.2) is 27.1 Å². The van der Waals surface area contributed by atoms with Gasteiger partial charge in [-0.1, -0.05) is 45.9 Å². The molecule has 0 atom stereocenters. The van der Waals surface area contributed by atoms with Crippen molar-refractivity contribution in [3.05, 3.63) is 70.3 Å². The number of fused-ring (bicyclic) bond motifs is 1. The van der Waals surface area contributed by atoms with Gasteiger partial charge in [0, 0.05) is 11.6 Å². The van der Waals surface area contributed by atoms with E-state index in [4.69, 9.17) is 0 Å². The van der Waals surface area contributed by atoms with Crippen molar-refractivity contribution in [3.63, 3.8) is 0 Å². The molecule has 1 aliphatic carbocycles. The lowest BCUT2D eigenvalue weighted by atomic mass is 9.63. The second kappa shape index (κ2) is 7.07. The number of hydrogen-bond acceptors (Lipinski definition) is 4. The van der Waals surface area contributed by atoms with E-state index in [-0.39, 0.29) is 33.3 Å². The fourth-order valence-corrected chi connectivity index (χ4v) is 3.97. The number of phenols is 1. The van der Waals surface area contributed by atoms with Gasteiger partial charge in [0.05, 0.1) is 11.1 Å². The normalized spacial score (nSPS) is 17.4. The number of aromatic carboxylic acids is 1. The molecule has 0 radical (unpaired) electrons. The Morgan fingerprint density at radius 2 is 1.38 bits per heavy atom. The van der Waals surface area contributed by atoms with E-state index >= 15 is 0 Å². The van der Waals surface area contributed by atoms with Gasteiger partial charge in [0.1, 0.15) is 11.5 Å². The molecule has 0 fully saturated rings. The second-order valence-corrected chi connectivity index (χ2v) is 8.93. The van der Waals surface area contributed by atoms with Gasteiger partial charge in [-0.05, 0) is 53.0 Å². The molecule has 0 spiro atoms. The molecule has 0 amide bonds. The van der Waals surface area contributed by atoms with Gasteiger partial charge in [0.15, 0.2) is 5.78 Å². The van der Waals surface area contributed by atoms with E-state index in [0.717, 1.165) is 30.0 Å². The Kier molecular flexibility index (Phi) is 5.03. The van der Waals surface area contributed by atoms with Crippen LogP contribution in [0.5, 0.6) is 5.75 Å². The number of carbonyl (C=O) groups excluding carboxylic acids is 1. The minimum Gasteiger partial charge on any atom is -0.507 e. The van der Waals surface area contributed by atoms with E-state index in [1.807, 2.05) is 0 Å². The average Bonchev–Trinajstić information content (AvgIpc) is 2.65. The number of hydrogen-bond donors (Lipinski definition) is 3. The summed E-state index contributed by atoms with van der Waals surface area (Å²) in [5.41, 5.74) is 1.83. The van der Waals surface area contributed by atoms with Crippen LogP contribution in [-0.2, 0) is 10.8 Å². The number of phenolic OH excluding ortho intramolecular Hbond substituents is 1. The van der Waals surface area contributed by atoms with Gasteiger partial charge in [-0.3, -0.25) is 4.79 Å². The van der Waals surface area contributed by atoms with Crippen LogP contribution in [0.15, 0.2) is 42.5 Å². The van der Waals surface area contributed by atoms with E-state index in [1.165, 1.54) is 18.2 Å². The maximum atomic E-state index is 12.6. The molecule has 0 bridgehead atoms. The Labute approximate surface area is 170 Å². The van der Waals surface area contributed by atoms with Crippen LogP contribution in [0.3, 0.4) is 0 Å². The lowest BCUT2D eigenvalue weighted by Gasteiger charge is -2.42. The highest BCUT2D eigenvalue weighted by Crippen LogP contribution is 2.48. The predicted octanol–water partition coefficient (Wildman–Crippen LogP) is 5.22. The lowest BCUT2D eigenvalue weighted by molar-refractivity contribution is 0.0693. The molecule has 0 aliphatic heterocycles. The minimum absolute atomic E-state index is 0.0227. The molecule has 3 rings (SSSR count). The number of aliphatic hydroxyl groups is 1. The zero-order chi connectivity index (χ0) is 21.6. The number of carboxylic acids is 1. The van der Waals surface area contributed by atoms with Crippen molar-refractivity contribution in [2.24, 2.45) is 0 Å². The third-order valence-corrected chi connectivity index (χ3v) is 5.94. The van der Waals surface area contributed by atoms with Crippen molar-refractivity contribution in [1.82, 2.24) is 0 Å². The number of carboxylic acid groups (broad SMARTS) is 1. The first-order chi connectivity index (χ1) is 13.4. The van der Waals surface area contributed by atoms with Gasteiger partial charge >= 0.3 is 5.97 Å². The van der Waals surface area contributed by atoms with Crippen molar-refractivity contribution in [2.45, 2.75) is 51.4 Å². The van der Waals surface area contributed by atoms with Crippen LogP contribution < -0.4 is 0 Å². The summed E-state index contributed by atoms with van der Waals surface area (Å²) in [5, 5.41) is 30.4. The first kappa shape index (κ1) is 20.6. The summed E-state index contributed by atoms with van der Waals surface area (Å²) in [6, 6.07) is 9.24. The summed E-state index contributed by atoms with van der Waals surface area (Å²) in [7, 11) is 0. The van der Waals surface area contributed by atoms with Crippen LogP contribution in [0.4, 0.5) is 0 Å². The van der Waals surface area contributed by atoms with Crippen LogP contribution in [0, 0.1) is 0 Å². The largest absolute Gasteiger partial charge is 0.507 e. The van der Waals surface area contributed by atoms with Gasteiger partial charge in [-0.2, -0.15) is 0 Å². The molecule has 0 aromatic heterocycles. The topological polar surface area (TPSA) is 94.8 Å². The Hall–Kier alpha value is -3.08. The lowest BCUT2D eigenvalue weighted by Crippen LogP contribution is -2.33. The van der Waals surface area contributed by atoms with E-state index in [0.29, 0.717) is 0 Å². The van der Waals surface area contributed by atoms with E-state index in [2.05, 4.69) is 27.7 Å². The second-order valence-electron chi connectivity index (χ2n) is 8.93. The standard InChI is InChI=1S/C24H26O5/c1-23(2)9-10-24(3,4)18-12-19(25)16(11-17(18)23)21(27)13-20(26)14-7-5-6-8-15(14)22(28)29/h5-8,11-13,25,27H,9-10H2,1-4H3,(H,28,29). The third kappa shape index (κ3) is 3.77. The van der Waals surface area contributed by atoms with Gasteiger partial charge in [0.25, 0.3) is 0 Å². The molecule has 152 valence electrons. The van der Waals surface area contributed by atoms with Crippen molar-refractivity contribution in [2.75, 3.05) is 0 Å². The zero-order valence-electron chi connectivity index (χ0n) is 17.1. The molecule has 5 heteroatoms.